The van der Waals surface area contributed by atoms with E-state index in [4.69, 9.17) is 9.29 Å². The first-order valence-electron chi connectivity index (χ1n) is 10.2. The average Bonchev–Trinajstić information content (AvgIpc) is 2.77. The van der Waals surface area contributed by atoms with Crippen molar-refractivity contribution in [3.63, 3.8) is 0 Å². The SMILES string of the molecule is CS(=O)(=O)O.C[C@H](N[C@H](C)c1ccccc1)C(=O)c1ccc(OCc2ccccc2)cc1. The number of Topliss-reactive ketones (excluding diaryl/α,β-unsaturated/α-hetero) is 1. The molecule has 2 N–H and O–H groups in total. The Kier molecular flexibility index (Phi) is 9.59. The van der Waals surface area contributed by atoms with Crippen molar-refractivity contribution in [3.8, 4) is 5.75 Å². The van der Waals surface area contributed by atoms with Crippen molar-refractivity contribution in [2.24, 2.45) is 0 Å². The van der Waals surface area contributed by atoms with E-state index in [2.05, 4.69) is 24.4 Å². The van der Waals surface area contributed by atoms with Crippen molar-refractivity contribution in [1.29, 1.82) is 0 Å². The number of nitrogens with one attached hydrogen (secondary N) is 1. The molecule has 0 aliphatic carbocycles. The fourth-order valence-corrected chi connectivity index (χ4v) is 2.99. The van der Waals surface area contributed by atoms with Crippen molar-refractivity contribution in [1.82, 2.24) is 5.32 Å². The predicted octanol–water partition coefficient (Wildman–Crippen LogP) is 4.69. The lowest BCUT2D eigenvalue weighted by Gasteiger charge is -2.19. The van der Waals surface area contributed by atoms with Gasteiger partial charge in [0.15, 0.2) is 5.78 Å². The van der Waals surface area contributed by atoms with Gasteiger partial charge in [-0.25, -0.2) is 0 Å². The number of benzene rings is 3. The molecule has 32 heavy (non-hydrogen) atoms. The Labute approximate surface area is 190 Å². The molecule has 2 atom stereocenters. The summed E-state index contributed by atoms with van der Waals surface area (Å²) in [4.78, 5) is 12.7. The second-order valence-electron chi connectivity index (χ2n) is 7.42. The first-order chi connectivity index (χ1) is 15.1. The van der Waals surface area contributed by atoms with Crippen LogP contribution in [0.2, 0.25) is 0 Å². The molecule has 0 bridgehead atoms. The number of ketones is 1. The zero-order valence-electron chi connectivity index (χ0n) is 18.4. The summed E-state index contributed by atoms with van der Waals surface area (Å²) in [5.74, 6) is 0.834. The van der Waals surface area contributed by atoms with E-state index in [1.165, 1.54) is 5.56 Å². The highest BCUT2D eigenvalue weighted by atomic mass is 32.2. The number of rotatable bonds is 8. The maximum absolute atomic E-state index is 12.7. The summed E-state index contributed by atoms with van der Waals surface area (Å²) in [6, 6.07) is 27.4. The van der Waals surface area contributed by atoms with Crippen LogP contribution in [0, 0.1) is 0 Å². The Hall–Kier alpha value is -3.00. The molecule has 0 fully saturated rings. The maximum Gasteiger partial charge on any atom is 0.261 e. The van der Waals surface area contributed by atoms with Crippen molar-refractivity contribution >= 4 is 15.9 Å². The molecule has 0 saturated carbocycles. The summed E-state index contributed by atoms with van der Waals surface area (Å²) in [7, 11) is -3.67. The van der Waals surface area contributed by atoms with Crippen LogP contribution >= 0.6 is 0 Å². The van der Waals surface area contributed by atoms with Gasteiger partial charge in [0, 0.05) is 11.6 Å². The Morgan fingerprint density at radius 3 is 1.94 bits per heavy atom. The normalized spacial score (nSPS) is 12.8. The van der Waals surface area contributed by atoms with Crippen LogP contribution in [0.15, 0.2) is 84.9 Å². The number of hydrogen-bond acceptors (Lipinski definition) is 5. The van der Waals surface area contributed by atoms with E-state index in [1.54, 1.807) is 0 Å². The van der Waals surface area contributed by atoms with Gasteiger partial charge in [-0.05, 0) is 49.2 Å². The van der Waals surface area contributed by atoms with Crippen LogP contribution in [0.5, 0.6) is 5.75 Å². The molecule has 0 unspecified atom stereocenters. The van der Waals surface area contributed by atoms with E-state index < -0.39 is 10.1 Å². The molecule has 0 aliphatic heterocycles. The monoisotopic (exact) mass is 455 g/mol. The van der Waals surface area contributed by atoms with E-state index in [0.717, 1.165) is 11.3 Å². The molecular weight excluding hydrogens is 426 g/mol. The van der Waals surface area contributed by atoms with E-state index in [1.807, 2.05) is 79.7 Å². The Morgan fingerprint density at radius 1 is 0.906 bits per heavy atom. The minimum atomic E-state index is -3.67. The van der Waals surface area contributed by atoms with Gasteiger partial charge in [-0.2, -0.15) is 8.42 Å². The zero-order valence-corrected chi connectivity index (χ0v) is 19.2. The minimum absolute atomic E-state index is 0.0763. The van der Waals surface area contributed by atoms with Crippen molar-refractivity contribution in [3.05, 3.63) is 102 Å². The molecule has 3 rings (SSSR count). The molecule has 7 heteroatoms. The molecule has 0 heterocycles. The predicted molar refractivity (Wildman–Crippen MR) is 126 cm³/mol. The first-order valence-corrected chi connectivity index (χ1v) is 12.0. The Balaban J connectivity index is 0.000000654. The smallest absolute Gasteiger partial charge is 0.261 e. The van der Waals surface area contributed by atoms with Crippen LogP contribution in [-0.4, -0.2) is 31.1 Å². The number of carbonyl (C=O) groups is 1. The van der Waals surface area contributed by atoms with E-state index in [0.29, 0.717) is 18.4 Å². The number of carbonyl (C=O) groups excluding carboxylic acids is 1. The van der Waals surface area contributed by atoms with Crippen LogP contribution in [-0.2, 0) is 16.7 Å². The second kappa shape index (κ2) is 12.1. The lowest BCUT2D eigenvalue weighted by atomic mass is 10.0. The van der Waals surface area contributed by atoms with Crippen LogP contribution in [0.25, 0.3) is 0 Å². The van der Waals surface area contributed by atoms with Crippen LogP contribution in [0.1, 0.15) is 41.4 Å². The Morgan fingerprint density at radius 2 is 1.41 bits per heavy atom. The molecule has 0 aromatic heterocycles. The molecule has 0 radical (unpaired) electrons. The van der Waals surface area contributed by atoms with Gasteiger partial charge in [0.1, 0.15) is 12.4 Å². The summed E-state index contributed by atoms with van der Waals surface area (Å²) in [6.07, 6.45) is 0.715. The average molecular weight is 456 g/mol. The van der Waals surface area contributed by atoms with Gasteiger partial charge in [0.2, 0.25) is 0 Å². The largest absolute Gasteiger partial charge is 0.489 e. The zero-order chi connectivity index (χ0) is 23.6. The van der Waals surface area contributed by atoms with Gasteiger partial charge in [0.05, 0.1) is 12.3 Å². The van der Waals surface area contributed by atoms with E-state index >= 15 is 0 Å². The van der Waals surface area contributed by atoms with Gasteiger partial charge in [-0.3, -0.25) is 9.35 Å². The number of ether oxygens (including phenoxy) is 1. The maximum atomic E-state index is 12.7. The van der Waals surface area contributed by atoms with Gasteiger partial charge in [0.25, 0.3) is 10.1 Å². The standard InChI is InChI=1S/C24H25NO2.CH4O3S/c1-18(21-11-7-4-8-12-21)25-19(2)24(26)22-13-15-23(16-14-22)27-17-20-9-5-3-6-10-20;1-5(2,3)4/h3-16,18-19,25H,17H2,1-2H3;1H3,(H,2,3,4)/t18-,19+;/m1./s1. The molecule has 0 spiro atoms. The van der Waals surface area contributed by atoms with Crippen LogP contribution in [0.4, 0.5) is 0 Å². The fraction of sp³-hybridized carbons (Fsp3) is 0.240. The highest BCUT2D eigenvalue weighted by Gasteiger charge is 2.17. The molecule has 6 nitrogen and oxygen atoms in total. The van der Waals surface area contributed by atoms with Crippen molar-refractivity contribution < 1.29 is 22.5 Å². The fourth-order valence-electron chi connectivity index (χ4n) is 2.99. The lowest BCUT2D eigenvalue weighted by molar-refractivity contribution is 0.0945. The highest BCUT2D eigenvalue weighted by molar-refractivity contribution is 7.85. The van der Waals surface area contributed by atoms with Gasteiger partial charge < -0.3 is 10.1 Å². The molecule has 3 aromatic carbocycles. The third-order valence-electron chi connectivity index (χ3n) is 4.58. The summed E-state index contributed by atoms with van der Waals surface area (Å²) < 4.78 is 31.7. The van der Waals surface area contributed by atoms with Crippen LogP contribution in [0.3, 0.4) is 0 Å². The molecular formula is C25H29NO5S. The van der Waals surface area contributed by atoms with Crippen molar-refractivity contribution in [2.45, 2.75) is 32.5 Å². The molecule has 0 amide bonds. The molecule has 0 aliphatic rings. The highest BCUT2D eigenvalue weighted by Crippen LogP contribution is 2.17. The van der Waals surface area contributed by atoms with Gasteiger partial charge >= 0.3 is 0 Å². The first kappa shape index (κ1) is 25.3. The molecule has 3 aromatic rings. The van der Waals surface area contributed by atoms with Gasteiger partial charge in [-0.1, -0.05) is 60.7 Å². The summed E-state index contributed by atoms with van der Waals surface area (Å²) in [6.45, 7) is 4.49. The second-order valence-corrected chi connectivity index (χ2v) is 8.88. The lowest BCUT2D eigenvalue weighted by Crippen LogP contribution is -2.35. The molecule has 0 saturated heterocycles. The topological polar surface area (TPSA) is 92.7 Å². The quantitative estimate of drug-likeness (QED) is 0.378. The minimum Gasteiger partial charge on any atom is -0.489 e. The van der Waals surface area contributed by atoms with E-state index in [-0.39, 0.29) is 17.9 Å². The van der Waals surface area contributed by atoms with E-state index in [9.17, 15) is 13.2 Å². The third kappa shape index (κ3) is 9.43. The van der Waals surface area contributed by atoms with Crippen LogP contribution < -0.4 is 10.1 Å². The summed E-state index contributed by atoms with van der Waals surface area (Å²) in [5.41, 5.74) is 2.97. The molecule has 170 valence electrons. The Bertz CT molecular complexity index is 1060. The number of hydrogen-bond donors (Lipinski definition) is 2. The van der Waals surface area contributed by atoms with Gasteiger partial charge in [-0.15, -0.1) is 0 Å². The summed E-state index contributed by atoms with van der Waals surface area (Å²) >= 11 is 0. The summed E-state index contributed by atoms with van der Waals surface area (Å²) in [5, 5.41) is 3.37. The third-order valence-corrected chi connectivity index (χ3v) is 4.58. The van der Waals surface area contributed by atoms with Crippen molar-refractivity contribution in [2.75, 3.05) is 6.26 Å².